The number of hydrogen-bond acceptors (Lipinski definition) is 4. The molecule has 124 valence electrons. The van der Waals surface area contributed by atoms with Gasteiger partial charge < -0.3 is 10.6 Å². The fourth-order valence-corrected chi connectivity index (χ4v) is 2.61. The highest BCUT2D eigenvalue weighted by Gasteiger charge is 2.16. The molecule has 0 saturated carbocycles. The summed E-state index contributed by atoms with van der Waals surface area (Å²) in [6.07, 6.45) is 2.32. The Morgan fingerprint density at radius 2 is 2.08 bits per heavy atom. The first kappa shape index (κ1) is 16.5. The molecule has 9 heteroatoms. The second kappa shape index (κ2) is 6.62. The van der Waals surface area contributed by atoms with E-state index >= 15 is 0 Å². The SMILES string of the molecule is O=C(Cn1ncc(Cl)c(Cl)c1=O)Nc1ccc2c(c1)NC(=O)CC2. The number of rotatable bonds is 3. The molecule has 0 aliphatic carbocycles. The maximum atomic E-state index is 12.1. The normalized spacial score (nSPS) is 13.2. The number of nitrogens with zero attached hydrogens (tertiary/aromatic N) is 2. The molecule has 1 aromatic carbocycles. The van der Waals surface area contributed by atoms with E-state index in [-0.39, 0.29) is 22.5 Å². The van der Waals surface area contributed by atoms with Crippen LogP contribution in [0.3, 0.4) is 0 Å². The van der Waals surface area contributed by atoms with Gasteiger partial charge in [0.1, 0.15) is 11.6 Å². The number of halogens is 2. The van der Waals surface area contributed by atoms with Gasteiger partial charge in [-0.2, -0.15) is 5.10 Å². The van der Waals surface area contributed by atoms with E-state index in [9.17, 15) is 14.4 Å². The molecule has 0 bridgehead atoms. The number of carbonyl (C=O) groups is 2. The first-order chi connectivity index (χ1) is 11.4. The van der Waals surface area contributed by atoms with E-state index in [1.54, 1.807) is 12.1 Å². The second-order valence-corrected chi connectivity index (χ2v) is 6.02. The molecule has 2 aromatic rings. The van der Waals surface area contributed by atoms with E-state index in [0.29, 0.717) is 24.2 Å². The molecular weight excluding hydrogens is 355 g/mol. The van der Waals surface area contributed by atoms with Crippen molar-refractivity contribution >= 4 is 46.4 Å². The zero-order valence-corrected chi connectivity index (χ0v) is 13.8. The first-order valence-corrected chi connectivity index (χ1v) is 7.83. The number of amides is 2. The summed E-state index contributed by atoms with van der Waals surface area (Å²) in [5.74, 6) is -0.511. The molecule has 0 fully saturated rings. The number of anilines is 2. The third kappa shape index (κ3) is 3.42. The molecular formula is C15H12Cl2N4O3. The number of aryl methyl sites for hydroxylation is 1. The van der Waals surface area contributed by atoms with Gasteiger partial charge in [0.15, 0.2) is 0 Å². The van der Waals surface area contributed by atoms with Crippen molar-refractivity contribution in [1.29, 1.82) is 0 Å². The lowest BCUT2D eigenvalue weighted by atomic mass is 10.0. The minimum absolute atomic E-state index is 0.0313. The van der Waals surface area contributed by atoms with Gasteiger partial charge >= 0.3 is 0 Å². The fourth-order valence-electron chi connectivity index (χ4n) is 2.34. The Bertz CT molecular complexity index is 895. The van der Waals surface area contributed by atoms with Crippen molar-refractivity contribution in [3.63, 3.8) is 0 Å². The average Bonchev–Trinajstić information content (AvgIpc) is 2.55. The summed E-state index contributed by atoms with van der Waals surface area (Å²) >= 11 is 11.4. The van der Waals surface area contributed by atoms with E-state index in [0.717, 1.165) is 10.2 Å². The lowest BCUT2D eigenvalue weighted by Gasteiger charge is -2.17. The predicted octanol–water partition coefficient (Wildman–Crippen LogP) is 2.07. The van der Waals surface area contributed by atoms with Gasteiger partial charge in [0.05, 0.1) is 11.2 Å². The van der Waals surface area contributed by atoms with Crippen LogP contribution < -0.4 is 16.2 Å². The summed E-state index contributed by atoms with van der Waals surface area (Å²) < 4.78 is 0.920. The molecule has 7 nitrogen and oxygen atoms in total. The van der Waals surface area contributed by atoms with Crippen LogP contribution in [0.2, 0.25) is 10.0 Å². The summed E-state index contributed by atoms with van der Waals surface area (Å²) in [6, 6.07) is 5.25. The average molecular weight is 367 g/mol. The summed E-state index contributed by atoms with van der Waals surface area (Å²) in [5.41, 5.74) is 1.55. The maximum absolute atomic E-state index is 12.1. The van der Waals surface area contributed by atoms with E-state index in [1.165, 1.54) is 6.20 Å². The van der Waals surface area contributed by atoms with Gasteiger partial charge in [0.25, 0.3) is 5.56 Å². The topological polar surface area (TPSA) is 93.1 Å². The Morgan fingerprint density at radius 3 is 2.88 bits per heavy atom. The van der Waals surface area contributed by atoms with Gasteiger partial charge in [0, 0.05) is 17.8 Å². The molecule has 0 saturated heterocycles. The van der Waals surface area contributed by atoms with Crippen LogP contribution in [0.1, 0.15) is 12.0 Å². The van der Waals surface area contributed by atoms with Crippen LogP contribution in [0.4, 0.5) is 11.4 Å². The lowest BCUT2D eigenvalue weighted by Crippen LogP contribution is -2.30. The van der Waals surface area contributed by atoms with Crippen molar-refractivity contribution in [1.82, 2.24) is 9.78 Å². The molecule has 0 radical (unpaired) electrons. The standard InChI is InChI=1S/C15H12Cl2N4O3/c16-10-6-18-21(15(24)14(10)17)7-13(23)19-9-3-1-8-2-4-12(22)20-11(8)5-9/h1,3,5-6H,2,4,7H2,(H,19,23)(H,20,22). The molecule has 0 unspecified atom stereocenters. The molecule has 24 heavy (non-hydrogen) atoms. The van der Waals surface area contributed by atoms with Crippen LogP contribution in [0.15, 0.2) is 29.2 Å². The highest BCUT2D eigenvalue weighted by molar-refractivity contribution is 6.41. The van der Waals surface area contributed by atoms with Crippen LogP contribution in [-0.4, -0.2) is 21.6 Å². The number of aromatic nitrogens is 2. The predicted molar refractivity (Wildman–Crippen MR) is 90.5 cm³/mol. The van der Waals surface area contributed by atoms with Gasteiger partial charge in [-0.1, -0.05) is 29.3 Å². The van der Waals surface area contributed by atoms with Gasteiger partial charge in [-0.15, -0.1) is 0 Å². The Balaban J connectivity index is 1.74. The monoisotopic (exact) mass is 366 g/mol. The van der Waals surface area contributed by atoms with Crippen molar-refractivity contribution in [2.75, 3.05) is 10.6 Å². The maximum Gasteiger partial charge on any atom is 0.287 e. The third-order valence-electron chi connectivity index (χ3n) is 3.52. The van der Waals surface area contributed by atoms with Crippen molar-refractivity contribution in [2.24, 2.45) is 0 Å². The summed E-state index contributed by atoms with van der Waals surface area (Å²) in [6.45, 7) is -0.306. The van der Waals surface area contributed by atoms with Gasteiger partial charge in [-0.3, -0.25) is 14.4 Å². The molecule has 2 heterocycles. The van der Waals surface area contributed by atoms with E-state index in [4.69, 9.17) is 23.2 Å². The lowest BCUT2D eigenvalue weighted by molar-refractivity contribution is -0.117. The summed E-state index contributed by atoms with van der Waals surface area (Å²) in [5, 5.41) is 9.02. The van der Waals surface area contributed by atoms with E-state index < -0.39 is 11.5 Å². The molecule has 1 aromatic heterocycles. The molecule has 1 aliphatic heterocycles. The van der Waals surface area contributed by atoms with Crippen molar-refractivity contribution in [3.8, 4) is 0 Å². The zero-order valence-electron chi connectivity index (χ0n) is 12.3. The fraction of sp³-hybridized carbons (Fsp3) is 0.200. The van der Waals surface area contributed by atoms with Crippen molar-refractivity contribution in [2.45, 2.75) is 19.4 Å². The van der Waals surface area contributed by atoms with Crippen LogP contribution in [0, 0.1) is 0 Å². The van der Waals surface area contributed by atoms with Crippen LogP contribution in [0.25, 0.3) is 0 Å². The Morgan fingerprint density at radius 1 is 1.29 bits per heavy atom. The molecule has 1 aliphatic rings. The quantitative estimate of drug-likeness (QED) is 0.869. The van der Waals surface area contributed by atoms with Crippen LogP contribution in [0.5, 0.6) is 0 Å². The molecule has 0 atom stereocenters. The number of hydrogen-bond donors (Lipinski definition) is 2. The third-order valence-corrected chi connectivity index (χ3v) is 4.27. The molecule has 3 rings (SSSR count). The van der Waals surface area contributed by atoms with Gasteiger partial charge in [-0.05, 0) is 24.1 Å². The number of nitrogens with one attached hydrogen (secondary N) is 2. The van der Waals surface area contributed by atoms with E-state index in [1.807, 2.05) is 6.07 Å². The number of carbonyl (C=O) groups excluding carboxylic acids is 2. The summed E-state index contributed by atoms with van der Waals surface area (Å²) in [4.78, 5) is 35.4. The van der Waals surface area contributed by atoms with E-state index in [2.05, 4.69) is 15.7 Å². The second-order valence-electron chi connectivity index (χ2n) is 5.24. The smallest absolute Gasteiger partial charge is 0.287 e. The summed E-state index contributed by atoms with van der Waals surface area (Å²) in [7, 11) is 0. The van der Waals surface area contributed by atoms with Crippen molar-refractivity contribution < 1.29 is 9.59 Å². The van der Waals surface area contributed by atoms with Gasteiger partial charge in [-0.25, -0.2) is 4.68 Å². The Labute approximate surface area is 146 Å². The first-order valence-electron chi connectivity index (χ1n) is 7.08. The minimum atomic E-state index is -0.642. The number of fused-ring (bicyclic) bond motifs is 1. The zero-order chi connectivity index (χ0) is 17.3. The van der Waals surface area contributed by atoms with Crippen LogP contribution in [-0.2, 0) is 22.6 Å². The highest BCUT2D eigenvalue weighted by Crippen LogP contribution is 2.25. The number of benzene rings is 1. The molecule has 2 amide bonds. The Hall–Kier alpha value is -2.38. The van der Waals surface area contributed by atoms with Gasteiger partial charge in [0.2, 0.25) is 11.8 Å². The minimum Gasteiger partial charge on any atom is -0.326 e. The van der Waals surface area contributed by atoms with Crippen molar-refractivity contribution in [3.05, 3.63) is 50.4 Å². The molecule has 2 N–H and O–H groups in total. The van der Waals surface area contributed by atoms with Crippen LogP contribution >= 0.6 is 23.2 Å². The largest absolute Gasteiger partial charge is 0.326 e. The molecule has 0 spiro atoms. The Kier molecular flexibility index (Phi) is 4.55. The highest BCUT2D eigenvalue weighted by atomic mass is 35.5.